The molecule has 0 radical (unpaired) electrons. The van der Waals surface area contributed by atoms with Gasteiger partial charge in [0.25, 0.3) is 0 Å². The molecule has 1 aromatic heterocycles. The summed E-state index contributed by atoms with van der Waals surface area (Å²) in [5, 5.41) is 0.728. The summed E-state index contributed by atoms with van der Waals surface area (Å²) in [6, 6.07) is 15.6. The van der Waals surface area contributed by atoms with Gasteiger partial charge in [-0.15, -0.1) is 0 Å². The quantitative estimate of drug-likeness (QED) is 0.353. The predicted octanol–water partition coefficient (Wildman–Crippen LogP) is 6.13. The summed E-state index contributed by atoms with van der Waals surface area (Å²) < 4.78 is 24.9. The number of Topliss-reactive ketones (excluding diaryl/α,β-unsaturated/α-hetero) is 1. The van der Waals surface area contributed by atoms with E-state index in [1.54, 1.807) is 36.4 Å². The molecule has 0 amide bonds. The topological polar surface area (TPSA) is 56.5 Å². The Morgan fingerprint density at radius 2 is 1.71 bits per heavy atom. The molecule has 4 aromatic rings. The molecule has 0 fully saturated rings. The van der Waals surface area contributed by atoms with E-state index in [9.17, 15) is 14.0 Å². The van der Waals surface area contributed by atoms with E-state index in [4.69, 9.17) is 20.8 Å². The molecule has 0 N–H and O–H groups in total. The first-order chi connectivity index (χ1) is 14.8. The maximum absolute atomic E-state index is 13.3. The summed E-state index contributed by atoms with van der Waals surface area (Å²) in [6.45, 7) is 3.41. The van der Waals surface area contributed by atoms with Gasteiger partial charge in [0.15, 0.2) is 18.2 Å². The number of carbonyl (C=O) groups excluding carboxylic acids is 1. The van der Waals surface area contributed by atoms with Gasteiger partial charge in [-0.05, 0) is 73.5 Å². The minimum absolute atomic E-state index is 0.0979. The molecule has 0 saturated heterocycles. The van der Waals surface area contributed by atoms with E-state index in [2.05, 4.69) is 0 Å². The van der Waals surface area contributed by atoms with Crippen LogP contribution in [-0.2, 0) is 0 Å². The standard InChI is InChI=1S/C25H18ClFO4/c1-14-11-19-22(12-15(14)2)31-24(18-5-3-4-6-20(18)26)25(23(19)29)30-13-21(28)16-7-9-17(27)10-8-16/h3-12H,13H2,1-2H3. The van der Waals surface area contributed by atoms with Crippen LogP contribution in [-0.4, -0.2) is 12.4 Å². The molecule has 0 aliphatic carbocycles. The number of hydrogen-bond donors (Lipinski definition) is 0. The Morgan fingerprint density at radius 3 is 2.42 bits per heavy atom. The third-order valence-electron chi connectivity index (χ3n) is 5.10. The van der Waals surface area contributed by atoms with E-state index in [1.807, 2.05) is 13.8 Å². The highest BCUT2D eigenvalue weighted by molar-refractivity contribution is 6.33. The van der Waals surface area contributed by atoms with E-state index in [-0.39, 0.29) is 17.1 Å². The number of fused-ring (bicyclic) bond motifs is 1. The summed E-state index contributed by atoms with van der Waals surface area (Å²) in [7, 11) is 0. The molecule has 4 rings (SSSR count). The lowest BCUT2D eigenvalue weighted by atomic mass is 10.0. The Morgan fingerprint density at radius 1 is 1.03 bits per heavy atom. The van der Waals surface area contributed by atoms with Crippen molar-refractivity contribution in [1.29, 1.82) is 0 Å². The molecule has 0 saturated carbocycles. The van der Waals surface area contributed by atoms with Crippen molar-refractivity contribution in [2.45, 2.75) is 13.8 Å². The van der Waals surface area contributed by atoms with E-state index in [0.717, 1.165) is 11.1 Å². The fraction of sp³-hybridized carbons (Fsp3) is 0.120. The first kappa shape index (κ1) is 20.8. The maximum Gasteiger partial charge on any atom is 0.235 e. The average Bonchev–Trinajstić information content (AvgIpc) is 2.75. The van der Waals surface area contributed by atoms with Gasteiger partial charge < -0.3 is 9.15 Å². The van der Waals surface area contributed by atoms with Crippen LogP contribution in [0.1, 0.15) is 21.5 Å². The summed E-state index contributed by atoms with van der Waals surface area (Å²) in [6.07, 6.45) is 0. The number of ketones is 1. The van der Waals surface area contributed by atoms with Crippen LogP contribution in [0.5, 0.6) is 5.75 Å². The second-order valence-corrected chi connectivity index (χ2v) is 7.63. The van der Waals surface area contributed by atoms with Crippen LogP contribution in [0.2, 0.25) is 5.02 Å². The van der Waals surface area contributed by atoms with Crippen molar-refractivity contribution in [2.75, 3.05) is 6.61 Å². The van der Waals surface area contributed by atoms with Crippen molar-refractivity contribution >= 4 is 28.4 Å². The monoisotopic (exact) mass is 436 g/mol. The van der Waals surface area contributed by atoms with Crippen molar-refractivity contribution < 1.29 is 18.3 Å². The van der Waals surface area contributed by atoms with Crippen molar-refractivity contribution in [2.24, 2.45) is 0 Å². The van der Waals surface area contributed by atoms with Gasteiger partial charge in [-0.25, -0.2) is 4.39 Å². The molecule has 31 heavy (non-hydrogen) atoms. The predicted molar refractivity (Wildman–Crippen MR) is 119 cm³/mol. The SMILES string of the molecule is Cc1cc2oc(-c3ccccc3Cl)c(OCC(=O)c3ccc(F)cc3)c(=O)c2cc1C. The minimum atomic E-state index is -0.445. The largest absolute Gasteiger partial charge is 0.478 e. The minimum Gasteiger partial charge on any atom is -0.478 e. The molecule has 0 spiro atoms. The normalized spacial score (nSPS) is 11.0. The average molecular weight is 437 g/mol. The van der Waals surface area contributed by atoms with Crippen LogP contribution in [0.3, 0.4) is 0 Å². The lowest BCUT2D eigenvalue weighted by Crippen LogP contribution is -2.17. The number of aryl methyl sites for hydroxylation is 2. The molecule has 0 aliphatic rings. The van der Waals surface area contributed by atoms with E-state index in [1.165, 1.54) is 24.3 Å². The molecule has 1 heterocycles. The van der Waals surface area contributed by atoms with Crippen LogP contribution < -0.4 is 10.2 Å². The molecule has 0 unspecified atom stereocenters. The van der Waals surface area contributed by atoms with Crippen molar-refractivity contribution in [3.8, 4) is 17.1 Å². The fourth-order valence-electron chi connectivity index (χ4n) is 3.24. The summed E-state index contributed by atoms with van der Waals surface area (Å²) in [4.78, 5) is 25.8. The lowest BCUT2D eigenvalue weighted by Gasteiger charge is -2.13. The summed E-state index contributed by atoms with van der Waals surface area (Å²) >= 11 is 6.34. The number of benzene rings is 3. The summed E-state index contributed by atoms with van der Waals surface area (Å²) in [5.74, 6) is -0.790. The Kier molecular flexibility index (Phi) is 5.61. The van der Waals surface area contributed by atoms with E-state index in [0.29, 0.717) is 21.6 Å². The van der Waals surface area contributed by atoms with Crippen LogP contribution in [0.25, 0.3) is 22.3 Å². The number of rotatable bonds is 5. The number of ether oxygens (including phenoxy) is 1. The van der Waals surface area contributed by atoms with Crippen LogP contribution in [0.4, 0.5) is 4.39 Å². The van der Waals surface area contributed by atoms with Gasteiger partial charge in [0.1, 0.15) is 11.4 Å². The van der Waals surface area contributed by atoms with Crippen molar-refractivity contribution in [3.05, 3.63) is 98.4 Å². The molecule has 6 heteroatoms. The van der Waals surface area contributed by atoms with E-state index < -0.39 is 23.6 Å². The first-order valence-corrected chi connectivity index (χ1v) is 9.97. The van der Waals surface area contributed by atoms with Gasteiger partial charge in [0.2, 0.25) is 11.2 Å². The Labute approximate surface area is 182 Å². The van der Waals surface area contributed by atoms with Gasteiger partial charge in [0, 0.05) is 11.1 Å². The molecular weight excluding hydrogens is 419 g/mol. The fourth-order valence-corrected chi connectivity index (χ4v) is 3.47. The van der Waals surface area contributed by atoms with Crippen molar-refractivity contribution in [3.63, 3.8) is 0 Å². The van der Waals surface area contributed by atoms with Crippen molar-refractivity contribution in [1.82, 2.24) is 0 Å². The molecule has 4 nitrogen and oxygen atoms in total. The third kappa shape index (κ3) is 4.09. The zero-order valence-corrected chi connectivity index (χ0v) is 17.6. The van der Waals surface area contributed by atoms with Gasteiger partial charge in [-0.2, -0.15) is 0 Å². The Hall–Kier alpha value is -3.44. The molecule has 0 aliphatic heterocycles. The first-order valence-electron chi connectivity index (χ1n) is 9.59. The smallest absolute Gasteiger partial charge is 0.235 e. The zero-order valence-electron chi connectivity index (χ0n) is 16.9. The highest BCUT2D eigenvalue weighted by Crippen LogP contribution is 2.35. The highest BCUT2D eigenvalue weighted by Gasteiger charge is 2.21. The molecule has 0 bridgehead atoms. The van der Waals surface area contributed by atoms with Gasteiger partial charge in [0.05, 0.1) is 10.4 Å². The van der Waals surface area contributed by atoms with E-state index >= 15 is 0 Å². The van der Waals surface area contributed by atoms with Crippen LogP contribution in [0, 0.1) is 19.7 Å². The summed E-state index contributed by atoms with van der Waals surface area (Å²) in [5.41, 5.74) is 2.66. The Bertz CT molecular complexity index is 1360. The molecular formula is C25H18ClFO4. The second-order valence-electron chi connectivity index (χ2n) is 7.22. The molecule has 3 aromatic carbocycles. The lowest BCUT2D eigenvalue weighted by molar-refractivity contribution is 0.0920. The van der Waals surface area contributed by atoms with Gasteiger partial charge >= 0.3 is 0 Å². The highest BCUT2D eigenvalue weighted by atomic mass is 35.5. The maximum atomic E-state index is 13.3. The van der Waals surface area contributed by atoms with Crippen LogP contribution in [0.15, 0.2) is 69.9 Å². The zero-order chi connectivity index (χ0) is 22.1. The second kappa shape index (κ2) is 8.36. The molecule has 156 valence electrons. The van der Waals surface area contributed by atoms with Gasteiger partial charge in [-0.3, -0.25) is 9.59 Å². The molecule has 0 atom stereocenters. The van der Waals surface area contributed by atoms with Gasteiger partial charge in [-0.1, -0.05) is 23.7 Å². The number of carbonyl (C=O) groups is 1. The number of halogens is 2. The Balaban J connectivity index is 1.82. The third-order valence-corrected chi connectivity index (χ3v) is 5.43. The van der Waals surface area contributed by atoms with Crippen LogP contribution >= 0.6 is 11.6 Å². The number of hydrogen-bond acceptors (Lipinski definition) is 4.